The summed E-state index contributed by atoms with van der Waals surface area (Å²) in [5, 5.41) is 0. The maximum atomic E-state index is 12.6. The lowest BCUT2D eigenvalue weighted by atomic mass is 10.1. The van der Waals surface area contributed by atoms with Crippen molar-refractivity contribution in [3.63, 3.8) is 0 Å². The van der Waals surface area contributed by atoms with E-state index in [0.29, 0.717) is 36.8 Å². The van der Waals surface area contributed by atoms with Gasteiger partial charge >= 0.3 is 0 Å². The zero-order valence-corrected chi connectivity index (χ0v) is 18.0. The Balaban J connectivity index is 1.56. The molecule has 0 aliphatic carbocycles. The van der Waals surface area contributed by atoms with Gasteiger partial charge in [-0.15, -0.1) is 0 Å². The van der Waals surface area contributed by atoms with Gasteiger partial charge in [-0.3, -0.25) is 9.59 Å². The molecule has 0 radical (unpaired) electrons. The van der Waals surface area contributed by atoms with Crippen LogP contribution in [0.15, 0.2) is 61.2 Å². The number of benzene rings is 2. The van der Waals surface area contributed by atoms with Gasteiger partial charge in [0.1, 0.15) is 6.61 Å². The van der Waals surface area contributed by atoms with Crippen LogP contribution < -0.4 is 14.4 Å². The Labute approximate surface area is 183 Å². The van der Waals surface area contributed by atoms with Crippen LogP contribution in [-0.4, -0.2) is 56.5 Å². The standard InChI is InChI=1S/C25H28N2O4/c1-4-17-31-23-11-5-20(18-24(23)30-3)6-12-25(29)27-15-13-26(14-16-27)22-9-7-21(8-10-22)19(2)28/h4-12,18H,1,13-17H2,2-3H3/b12-6+. The van der Waals surface area contributed by atoms with Crippen LogP contribution in [0.4, 0.5) is 5.69 Å². The van der Waals surface area contributed by atoms with Gasteiger partial charge < -0.3 is 19.3 Å². The zero-order valence-electron chi connectivity index (χ0n) is 18.0. The van der Waals surface area contributed by atoms with Gasteiger partial charge in [-0.25, -0.2) is 0 Å². The third-order valence-corrected chi connectivity index (χ3v) is 5.19. The van der Waals surface area contributed by atoms with E-state index in [-0.39, 0.29) is 11.7 Å². The van der Waals surface area contributed by atoms with Crippen LogP contribution in [0.5, 0.6) is 11.5 Å². The first-order chi connectivity index (χ1) is 15.0. The van der Waals surface area contributed by atoms with E-state index in [2.05, 4.69) is 11.5 Å². The fraction of sp³-hybridized carbons (Fsp3) is 0.280. The van der Waals surface area contributed by atoms with Crippen molar-refractivity contribution in [2.24, 2.45) is 0 Å². The topological polar surface area (TPSA) is 59.1 Å². The van der Waals surface area contributed by atoms with Crippen LogP contribution in [0.25, 0.3) is 6.08 Å². The number of carbonyl (C=O) groups excluding carboxylic acids is 2. The average Bonchev–Trinajstić information content (AvgIpc) is 2.81. The highest BCUT2D eigenvalue weighted by Crippen LogP contribution is 2.28. The Morgan fingerprint density at radius 1 is 1.03 bits per heavy atom. The summed E-state index contributed by atoms with van der Waals surface area (Å²) < 4.78 is 10.9. The lowest BCUT2D eigenvalue weighted by Crippen LogP contribution is -2.48. The molecule has 1 aliphatic rings. The minimum atomic E-state index is -0.0162. The SMILES string of the molecule is C=CCOc1ccc(/C=C/C(=O)N2CCN(c3ccc(C(C)=O)cc3)CC2)cc1OC. The Morgan fingerprint density at radius 3 is 2.35 bits per heavy atom. The summed E-state index contributed by atoms with van der Waals surface area (Å²) in [4.78, 5) is 28.1. The fourth-order valence-electron chi connectivity index (χ4n) is 3.42. The van der Waals surface area contributed by atoms with E-state index < -0.39 is 0 Å². The van der Waals surface area contributed by atoms with Crippen LogP contribution in [0.2, 0.25) is 0 Å². The van der Waals surface area contributed by atoms with Gasteiger partial charge in [-0.1, -0.05) is 18.7 Å². The molecule has 6 nitrogen and oxygen atoms in total. The van der Waals surface area contributed by atoms with Crippen LogP contribution >= 0.6 is 0 Å². The van der Waals surface area contributed by atoms with Crippen LogP contribution in [0, 0.1) is 0 Å². The normalized spacial score (nSPS) is 13.9. The number of rotatable bonds is 8. The maximum Gasteiger partial charge on any atom is 0.246 e. The molecule has 2 aromatic carbocycles. The van der Waals surface area contributed by atoms with E-state index in [9.17, 15) is 9.59 Å². The lowest BCUT2D eigenvalue weighted by Gasteiger charge is -2.35. The molecule has 0 N–H and O–H groups in total. The molecule has 0 bridgehead atoms. The fourth-order valence-corrected chi connectivity index (χ4v) is 3.42. The molecule has 0 unspecified atom stereocenters. The van der Waals surface area contributed by atoms with Crippen LogP contribution in [0.3, 0.4) is 0 Å². The molecule has 1 fully saturated rings. The largest absolute Gasteiger partial charge is 0.493 e. The quantitative estimate of drug-likeness (QED) is 0.369. The highest BCUT2D eigenvalue weighted by molar-refractivity contribution is 5.94. The van der Waals surface area contributed by atoms with Crippen molar-refractivity contribution in [2.75, 3.05) is 44.8 Å². The first-order valence-corrected chi connectivity index (χ1v) is 10.3. The van der Waals surface area contributed by atoms with Gasteiger partial charge in [-0.2, -0.15) is 0 Å². The number of hydrogen-bond acceptors (Lipinski definition) is 5. The molecule has 6 heteroatoms. The van der Waals surface area contributed by atoms with Crippen molar-refractivity contribution < 1.29 is 19.1 Å². The Kier molecular flexibility index (Phi) is 7.49. The molecule has 0 saturated carbocycles. The lowest BCUT2D eigenvalue weighted by molar-refractivity contribution is -0.126. The second-order valence-electron chi connectivity index (χ2n) is 7.26. The highest BCUT2D eigenvalue weighted by Gasteiger charge is 2.20. The molecular formula is C25H28N2O4. The van der Waals surface area contributed by atoms with E-state index >= 15 is 0 Å². The van der Waals surface area contributed by atoms with E-state index in [0.717, 1.165) is 24.3 Å². The minimum absolute atomic E-state index is 0.0162. The summed E-state index contributed by atoms with van der Waals surface area (Å²) >= 11 is 0. The predicted octanol–water partition coefficient (Wildman–Crippen LogP) is 3.82. The zero-order chi connectivity index (χ0) is 22.2. The third kappa shape index (κ3) is 5.75. The molecule has 162 valence electrons. The summed E-state index contributed by atoms with van der Waals surface area (Å²) in [7, 11) is 1.59. The summed E-state index contributed by atoms with van der Waals surface area (Å²) in [6.45, 7) is 8.40. The second-order valence-corrected chi connectivity index (χ2v) is 7.26. The summed E-state index contributed by atoms with van der Waals surface area (Å²) in [6, 6.07) is 13.2. The Morgan fingerprint density at radius 2 is 1.74 bits per heavy atom. The molecule has 31 heavy (non-hydrogen) atoms. The number of ketones is 1. The maximum absolute atomic E-state index is 12.6. The van der Waals surface area contributed by atoms with Crippen LogP contribution in [-0.2, 0) is 4.79 Å². The van der Waals surface area contributed by atoms with Gasteiger partial charge in [0, 0.05) is 43.5 Å². The molecule has 3 rings (SSSR count). The smallest absolute Gasteiger partial charge is 0.246 e. The average molecular weight is 421 g/mol. The van der Waals surface area contributed by atoms with Gasteiger partial charge in [0.2, 0.25) is 5.91 Å². The van der Waals surface area contributed by atoms with Crippen molar-refractivity contribution in [1.82, 2.24) is 4.90 Å². The van der Waals surface area contributed by atoms with E-state index in [1.54, 1.807) is 32.3 Å². The Hall–Kier alpha value is -3.54. The number of amides is 1. The first kappa shape index (κ1) is 22.2. The van der Waals surface area contributed by atoms with Crippen molar-refractivity contribution in [3.8, 4) is 11.5 Å². The van der Waals surface area contributed by atoms with Gasteiger partial charge in [-0.05, 0) is 55.0 Å². The Bertz CT molecular complexity index is 958. The number of Topliss-reactive ketones (excluding diaryl/α,β-unsaturated/α-hetero) is 1. The monoisotopic (exact) mass is 420 g/mol. The van der Waals surface area contributed by atoms with Gasteiger partial charge in [0.25, 0.3) is 0 Å². The summed E-state index contributed by atoms with van der Waals surface area (Å²) in [6.07, 6.45) is 5.05. The van der Waals surface area contributed by atoms with Crippen molar-refractivity contribution in [2.45, 2.75) is 6.92 Å². The van der Waals surface area contributed by atoms with Crippen LogP contribution in [0.1, 0.15) is 22.8 Å². The molecule has 0 atom stereocenters. The molecule has 2 aromatic rings. The minimum Gasteiger partial charge on any atom is -0.493 e. The first-order valence-electron chi connectivity index (χ1n) is 10.3. The molecular weight excluding hydrogens is 392 g/mol. The second kappa shape index (κ2) is 10.5. The molecule has 1 heterocycles. The molecule has 0 spiro atoms. The number of hydrogen-bond donors (Lipinski definition) is 0. The summed E-state index contributed by atoms with van der Waals surface area (Å²) in [5.41, 5.74) is 2.64. The van der Waals surface area contributed by atoms with E-state index in [1.807, 2.05) is 47.4 Å². The van der Waals surface area contributed by atoms with Crippen molar-refractivity contribution >= 4 is 23.5 Å². The van der Waals surface area contributed by atoms with Crippen molar-refractivity contribution in [3.05, 3.63) is 72.3 Å². The molecule has 1 amide bonds. The van der Waals surface area contributed by atoms with Gasteiger partial charge in [0.15, 0.2) is 17.3 Å². The number of piperazine rings is 1. The van der Waals surface area contributed by atoms with E-state index in [1.165, 1.54) is 0 Å². The molecule has 1 aliphatic heterocycles. The van der Waals surface area contributed by atoms with E-state index in [4.69, 9.17) is 9.47 Å². The number of carbonyl (C=O) groups is 2. The number of ether oxygens (including phenoxy) is 2. The number of methoxy groups -OCH3 is 1. The molecule has 1 saturated heterocycles. The number of anilines is 1. The number of nitrogens with zero attached hydrogens (tertiary/aromatic N) is 2. The highest BCUT2D eigenvalue weighted by atomic mass is 16.5. The third-order valence-electron chi connectivity index (χ3n) is 5.19. The predicted molar refractivity (Wildman–Crippen MR) is 123 cm³/mol. The van der Waals surface area contributed by atoms with Crippen molar-refractivity contribution in [1.29, 1.82) is 0 Å². The molecule has 0 aromatic heterocycles. The summed E-state index contributed by atoms with van der Waals surface area (Å²) in [5.74, 6) is 1.29. The van der Waals surface area contributed by atoms with Gasteiger partial charge in [0.05, 0.1) is 7.11 Å².